The Labute approximate surface area is 116 Å². The third-order valence-corrected chi connectivity index (χ3v) is 3.74. The average Bonchev–Trinajstić information content (AvgIpc) is 2.82. The summed E-state index contributed by atoms with van der Waals surface area (Å²) < 4.78 is 5.83. The van der Waals surface area contributed by atoms with Gasteiger partial charge in [0, 0.05) is 19.1 Å². The highest BCUT2D eigenvalue weighted by atomic mass is 35.5. The Hall–Kier alpha value is -1.18. The third kappa shape index (κ3) is 3.05. The topological polar surface area (TPSA) is 89.2 Å². The van der Waals surface area contributed by atoms with Crippen molar-refractivity contribution < 1.29 is 4.74 Å². The van der Waals surface area contributed by atoms with Crippen LogP contribution in [0.1, 0.15) is 12.8 Å². The van der Waals surface area contributed by atoms with Gasteiger partial charge in [0.2, 0.25) is 17.2 Å². The molecule has 2 unspecified atom stereocenters. The molecule has 104 valence electrons. The van der Waals surface area contributed by atoms with Crippen LogP contribution < -0.4 is 11.1 Å². The molecule has 2 saturated heterocycles. The molecular weight excluding hydrogens is 268 g/mol. The Bertz CT molecular complexity index is 439. The zero-order valence-corrected chi connectivity index (χ0v) is 11.3. The molecule has 0 bridgehead atoms. The fourth-order valence-electron chi connectivity index (χ4n) is 2.66. The van der Waals surface area contributed by atoms with E-state index in [9.17, 15) is 0 Å². The highest BCUT2D eigenvalue weighted by Crippen LogP contribution is 2.22. The summed E-state index contributed by atoms with van der Waals surface area (Å²) in [4.78, 5) is 14.1. The number of aromatic nitrogens is 3. The van der Waals surface area contributed by atoms with Crippen molar-refractivity contribution in [3.63, 3.8) is 0 Å². The number of rotatable bonds is 3. The summed E-state index contributed by atoms with van der Waals surface area (Å²) in [5.41, 5.74) is 5.51. The minimum atomic E-state index is 0.0965. The van der Waals surface area contributed by atoms with Crippen LogP contribution in [-0.2, 0) is 4.74 Å². The molecule has 7 nitrogen and oxygen atoms in total. The van der Waals surface area contributed by atoms with E-state index in [4.69, 9.17) is 22.1 Å². The highest BCUT2D eigenvalue weighted by Gasteiger charge is 2.32. The molecule has 0 saturated carbocycles. The van der Waals surface area contributed by atoms with Gasteiger partial charge in [0.1, 0.15) is 0 Å². The van der Waals surface area contributed by atoms with Gasteiger partial charge in [-0.25, -0.2) is 0 Å². The van der Waals surface area contributed by atoms with E-state index in [0.29, 0.717) is 18.5 Å². The van der Waals surface area contributed by atoms with Gasteiger partial charge in [0.15, 0.2) is 0 Å². The quantitative estimate of drug-likeness (QED) is 0.829. The van der Waals surface area contributed by atoms with E-state index in [0.717, 1.165) is 13.2 Å². The van der Waals surface area contributed by atoms with Crippen LogP contribution in [0.25, 0.3) is 0 Å². The molecule has 0 aromatic carbocycles. The normalized spacial score (nSPS) is 27.2. The first kappa shape index (κ1) is 12.8. The van der Waals surface area contributed by atoms with Crippen LogP contribution in [0.4, 0.5) is 11.9 Å². The van der Waals surface area contributed by atoms with Crippen molar-refractivity contribution in [1.82, 2.24) is 19.9 Å². The number of morpholine rings is 1. The third-order valence-electron chi connectivity index (χ3n) is 3.57. The van der Waals surface area contributed by atoms with E-state index in [1.807, 2.05) is 0 Å². The molecule has 2 atom stereocenters. The summed E-state index contributed by atoms with van der Waals surface area (Å²) >= 11 is 5.72. The van der Waals surface area contributed by atoms with Crippen LogP contribution in [-0.4, -0.2) is 58.2 Å². The van der Waals surface area contributed by atoms with Crippen LogP contribution in [0, 0.1) is 0 Å². The van der Waals surface area contributed by atoms with E-state index in [2.05, 4.69) is 25.2 Å². The maximum atomic E-state index is 5.83. The van der Waals surface area contributed by atoms with Gasteiger partial charge < -0.3 is 15.8 Å². The Morgan fingerprint density at radius 2 is 2.32 bits per heavy atom. The fourth-order valence-corrected chi connectivity index (χ4v) is 2.83. The van der Waals surface area contributed by atoms with Crippen molar-refractivity contribution in [3.05, 3.63) is 5.28 Å². The molecule has 2 aliphatic heterocycles. The number of nitrogens with two attached hydrogens (primary N) is 1. The van der Waals surface area contributed by atoms with Crippen molar-refractivity contribution in [3.8, 4) is 0 Å². The molecule has 8 heteroatoms. The minimum absolute atomic E-state index is 0.0965. The molecule has 3 rings (SSSR count). The minimum Gasteiger partial charge on any atom is -0.373 e. The van der Waals surface area contributed by atoms with E-state index in [1.165, 1.54) is 19.4 Å². The molecule has 0 radical (unpaired) electrons. The predicted molar refractivity (Wildman–Crippen MR) is 72.1 cm³/mol. The molecule has 0 spiro atoms. The largest absolute Gasteiger partial charge is 0.373 e. The van der Waals surface area contributed by atoms with Crippen molar-refractivity contribution in [2.45, 2.75) is 25.0 Å². The summed E-state index contributed by atoms with van der Waals surface area (Å²) in [6, 6.07) is 0.610. The summed E-state index contributed by atoms with van der Waals surface area (Å²) in [5.74, 6) is 0.510. The molecule has 1 aromatic heterocycles. The second-order valence-electron chi connectivity index (χ2n) is 4.91. The van der Waals surface area contributed by atoms with Gasteiger partial charge in [-0.1, -0.05) is 0 Å². The fraction of sp³-hybridized carbons (Fsp3) is 0.727. The Kier molecular flexibility index (Phi) is 3.67. The van der Waals surface area contributed by atoms with Crippen molar-refractivity contribution in [2.24, 2.45) is 0 Å². The van der Waals surface area contributed by atoms with E-state index < -0.39 is 0 Å². The molecule has 0 amide bonds. The molecule has 19 heavy (non-hydrogen) atoms. The summed E-state index contributed by atoms with van der Waals surface area (Å²) in [6.45, 7) is 3.58. The van der Waals surface area contributed by atoms with E-state index in [1.54, 1.807) is 0 Å². The number of hydrogen-bond donors (Lipinski definition) is 2. The predicted octanol–water partition coefficient (Wildman–Crippen LogP) is 0.382. The maximum absolute atomic E-state index is 5.83. The lowest BCUT2D eigenvalue weighted by atomic mass is 10.2. The van der Waals surface area contributed by atoms with Crippen LogP contribution >= 0.6 is 11.6 Å². The smallest absolute Gasteiger partial charge is 0.228 e. The molecule has 2 aliphatic rings. The van der Waals surface area contributed by atoms with Gasteiger partial charge in [-0.15, -0.1) is 0 Å². The zero-order chi connectivity index (χ0) is 13.2. The van der Waals surface area contributed by atoms with E-state index in [-0.39, 0.29) is 17.3 Å². The molecule has 3 heterocycles. The molecule has 1 aromatic rings. The molecule has 2 fully saturated rings. The number of nitrogens with one attached hydrogen (secondary N) is 1. The average molecular weight is 285 g/mol. The Morgan fingerprint density at radius 3 is 3.16 bits per heavy atom. The van der Waals surface area contributed by atoms with Gasteiger partial charge in [0.25, 0.3) is 0 Å². The molecular formula is C11H17ClN6O. The number of nitrogens with zero attached hydrogens (tertiary/aromatic N) is 4. The Balaban J connectivity index is 1.54. The summed E-state index contributed by atoms with van der Waals surface area (Å²) in [6.07, 6.45) is 2.67. The van der Waals surface area contributed by atoms with Gasteiger partial charge >= 0.3 is 0 Å². The lowest BCUT2D eigenvalue weighted by Crippen LogP contribution is -2.48. The first-order valence-electron chi connectivity index (χ1n) is 6.47. The maximum Gasteiger partial charge on any atom is 0.228 e. The number of halogens is 1. The van der Waals surface area contributed by atoms with Gasteiger partial charge in [-0.3, -0.25) is 4.90 Å². The number of anilines is 2. The number of fused-ring (bicyclic) bond motifs is 1. The number of hydrogen-bond acceptors (Lipinski definition) is 7. The Morgan fingerprint density at radius 1 is 1.42 bits per heavy atom. The van der Waals surface area contributed by atoms with Gasteiger partial charge in [-0.05, 0) is 31.0 Å². The monoisotopic (exact) mass is 284 g/mol. The molecule has 3 N–H and O–H groups in total. The SMILES string of the molecule is Nc1nc(Cl)nc(NCC2CN3CCCC3CO2)n1. The van der Waals surface area contributed by atoms with Crippen molar-refractivity contribution >= 4 is 23.5 Å². The summed E-state index contributed by atoms with van der Waals surface area (Å²) in [7, 11) is 0. The number of ether oxygens (including phenoxy) is 1. The van der Waals surface area contributed by atoms with Crippen LogP contribution in [0.5, 0.6) is 0 Å². The van der Waals surface area contributed by atoms with Crippen LogP contribution in [0.15, 0.2) is 0 Å². The van der Waals surface area contributed by atoms with E-state index >= 15 is 0 Å². The highest BCUT2D eigenvalue weighted by molar-refractivity contribution is 6.28. The number of nitrogen functional groups attached to an aromatic ring is 1. The van der Waals surface area contributed by atoms with Crippen molar-refractivity contribution in [1.29, 1.82) is 0 Å². The van der Waals surface area contributed by atoms with Crippen LogP contribution in [0.3, 0.4) is 0 Å². The first-order chi connectivity index (χ1) is 9.20. The second-order valence-corrected chi connectivity index (χ2v) is 5.25. The van der Waals surface area contributed by atoms with Gasteiger partial charge in [0.05, 0.1) is 12.7 Å². The zero-order valence-electron chi connectivity index (χ0n) is 10.5. The lowest BCUT2D eigenvalue weighted by Gasteiger charge is -2.35. The van der Waals surface area contributed by atoms with Crippen molar-refractivity contribution in [2.75, 3.05) is 37.3 Å². The standard InChI is InChI=1S/C11H17ClN6O/c12-9-15-10(13)17-11(16-9)14-4-8-5-18-3-1-2-7(18)6-19-8/h7-8H,1-6H2,(H3,13,14,15,16,17). The molecule has 0 aliphatic carbocycles. The van der Waals surface area contributed by atoms with Crippen LogP contribution in [0.2, 0.25) is 5.28 Å². The second kappa shape index (κ2) is 5.44. The first-order valence-corrected chi connectivity index (χ1v) is 6.85. The lowest BCUT2D eigenvalue weighted by molar-refractivity contribution is -0.0416. The van der Waals surface area contributed by atoms with Gasteiger partial charge in [-0.2, -0.15) is 15.0 Å². The summed E-state index contributed by atoms with van der Waals surface area (Å²) in [5, 5.41) is 3.19.